The van der Waals surface area contributed by atoms with Crippen molar-refractivity contribution in [2.24, 2.45) is 0 Å². The van der Waals surface area contributed by atoms with Crippen molar-refractivity contribution in [3.05, 3.63) is 175 Å². The van der Waals surface area contributed by atoms with Crippen molar-refractivity contribution < 1.29 is 20.1 Å². The van der Waals surface area contributed by atoms with Crippen LogP contribution in [0.25, 0.3) is 53.8 Å². The van der Waals surface area contributed by atoms with Crippen LogP contribution in [0.2, 0.25) is 17.3 Å². The van der Waals surface area contributed by atoms with Gasteiger partial charge < -0.3 is 4.98 Å². The topological polar surface area (TPSA) is 25.8 Å². The van der Waals surface area contributed by atoms with Crippen LogP contribution in [0.15, 0.2) is 146 Å². The van der Waals surface area contributed by atoms with Crippen LogP contribution in [0.1, 0.15) is 29.5 Å². The average Bonchev–Trinajstić information content (AvgIpc) is 3.53. The molecule has 1 radical (unpaired) electrons. The van der Waals surface area contributed by atoms with Gasteiger partial charge in [-0.1, -0.05) is 91.2 Å². The van der Waals surface area contributed by atoms with Crippen LogP contribution in [-0.2, 0) is 20.1 Å². The fourth-order valence-corrected chi connectivity index (χ4v) is 11.4. The van der Waals surface area contributed by atoms with E-state index < -0.39 is 13.3 Å². The number of rotatable bonds is 6. The minimum atomic E-state index is -1.77. The summed E-state index contributed by atoms with van der Waals surface area (Å²) in [5.74, 6) is 7.51. The van der Waals surface area contributed by atoms with Gasteiger partial charge in [-0.05, 0) is 50.2 Å². The summed E-state index contributed by atoms with van der Waals surface area (Å²) in [7, 11) is 0. The van der Waals surface area contributed by atoms with E-state index in [4.69, 9.17) is 4.98 Å². The maximum atomic E-state index is 4.75. The van der Waals surface area contributed by atoms with E-state index >= 15 is 0 Å². The van der Waals surface area contributed by atoms with E-state index in [1.807, 2.05) is 41.8 Å². The summed E-state index contributed by atoms with van der Waals surface area (Å²) in [4.78, 5) is 9.34. The van der Waals surface area contributed by atoms with Crippen molar-refractivity contribution >= 4 is 49.2 Å². The number of nitrogens with zero attached hydrogens (tertiary/aromatic N) is 2. The molecule has 5 heteroatoms. The van der Waals surface area contributed by atoms with Crippen LogP contribution in [0.3, 0.4) is 0 Å². The molecular weight excluding hydrogens is 877 g/mol. The van der Waals surface area contributed by atoms with Crippen molar-refractivity contribution in [2.45, 2.75) is 37.0 Å². The number of fused-ring (bicyclic) bond motifs is 3. The first-order valence-corrected chi connectivity index (χ1v) is 25.3. The number of hydrogen-bond acceptors (Lipinski definition) is 3. The van der Waals surface area contributed by atoms with Crippen molar-refractivity contribution in [3.8, 4) is 33.6 Å². The molecule has 51 heavy (non-hydrogen) atoms. The maximum Gasteiger partial charge on any atom is 0 e. The van der Waals surface area contributed by atoms with Crippen molar-refractivity contribution in [3.63, 3.8) is 0 Å². The van der Waals surface area contributed by atoms with Crippen molar-refractivity contribution in [1.82, 2.24) is 9.97 Å². The SMILES string of the molecule is CC(c1ccccc1)c1ccnc(-c2[c-]ccc3c2sc2cc(-c4ccccc4)ccc23)c1.Cc1cc(-c2[c-]cccc2)nc[c]1[Ge]([CH3])([CH3])[CH3].[Ir]. The standard InChI is InChI=1S/C31H22NS.C15H18GeN.Ir/c1-21(22-9-4-2-5-10-22)24-17-18-32-29(19-24)28-14-8-13-27-26-16-15-25(20-30(26)33-31(27)28)23-11-6-3-7-12-23;1-12-10-15(13-8-6-5-7-9-13)17-11-14(12)16(2,3)4;/h2-13,15-21H,1H3;5-8,10-11H,1-4H3;/q2*-1;. The average molecular weight is 918 g/mol. The molecule has 0 aliphatic carbocycles. The molecule has 8 aromatic rings. The van der Waals surface area contributed by atoms with Gasteiger partial charge in [-0.15, -0.1) is 23.8 Å². The van der Waals surface area contributed by atoms with Gasteiger partial charge in [0.25, 0.3) is 0 Å². The second kappa shape index (κ2) is 16.0. The van der Waals surface area contributed by atoms with Gasteiger partial charge in [-0.3, -0.25) is 0 Å². The molecule has 0 saturated heterocycles. The third kappa shape index (κ3) is 8.16. The Hall–Kier alpha value is -4.19. The van der Waals surface area contributed by atoms with Gasteiger partial charge in [-0.25, -0.2) is 0 Å². The summed E-state index contributed by atoms with van der Waals surface area (Å²) in [5, 5.41) is 2.56. The van der Waals surface area contributed by atoms with Gasteiger partial charge in [0.05, 0.1) is 0 Å². The van der Waals surface area contributed by atoms with Gasteiger partial charge in [0, 0.05) is 36.9 Å². The first-order valence-electron chi connectivity index (χ1n) is 17.1. The van der Waals surface area contributed by atoms with Crippen molar-refractivity contribution in [2.75, 3.05) is 0 Å². The Kier molecular flexibility index (Phi) is 11.5. The maximum absolute atomic E-state index is 4.75. The molecule has 8 rings (SSSR count). The van der Waals surface area contributed by atoms with E-state index in [1.165, 1.54) is 52.4 Å². The molecule has 255 valence electrons. The summed E-state index contributed by atoms with van der Waals surface area (Å²) in [6.07, 6.45) is 4.00. The van der Waals surface area contributed by atoms with Gasteiger partial charge in [0.15, 0.2) is 0 Å². The van der Waals surface area contributed by atoms with E-state index in [1.54, 1.807) is 0 Å². The smallest absolute Gasteiger partial charge is 0 e. The van der Waals surface area contributed by atoms with Gasteiger partial charge in [0.1, 0.15) is 0 Å². The second-order valence-electron chi connectivity index (χ2n) is 13.8. The predicted octanol–water partition coefficient (Wildman–Crippen LogP) is 12.1. The Morgan fingerprint density at radius 1 is 0.647 bits per heavy atom. The summed E-state index contributed by atoms with van der Waals surface area (Å²) in [6.45, 7) is 4.45. The van der Waals surface area contributed by atoms with E-state index in [2.05, 4.69) is 164 Å². The molecule has 0 saturated carbocycles. The number of hydrogen-bond donors (Lipinski definition) is 0. The van der Waals surface area contributed by atoms with Crippen LogP contribution in [0.5, 0.6) is 0 Å². The van der Waals surface area contributed by atoms with Crippen LogP contribution in [0, 0.1) is 19.1 Å². The van der Waals surface area contributed by atoms with Crippen molar-refractivity contribution in [1.29, 1.82) is 0 Å². The van der Waals surface area contributed by atoms with Gasteiger partial charge in [0.2, 0.25) is 0 Å². The van der Waals surface area contributed by atoms with E-state index in [9.17, 15) is 0 Å². The van der Waals surface area contributed by atoms with Crippen LogP contribution in [0.4, 0.5) is 0 Å². The summed E-state index contributed by atoms with van der Waals surface area (Å²) < 4.78 is 4.03. The Bertz CT molecular complexity index is 2380. The second-order valence-corrected chi connectivity index (χ2v) is 25.4. The quantitative estimate of drug-likeness (QED) is 0.123. The summed E-state index contributed by atoms with van der Waals surface area (Å²) in [5.41, 5.74) is 10.6. The normalized spacial score (nSPS) is 11.8. The molecule has 3 aromatic heterocycles. The number of thiophene rings is 1. The third-order valence-corrected chi connectivity index (χ3v) is 15.0. The van der Waals surface area contributed by atoms with E-state index in [0.29, 0.717) is 5.92 Å². The minimum Gasteiger partial charge on any atom is 0 e. The summed E-state index contributed by atoms with van der Waals surface area (Å²) in [6, 6.07) is 53.4. The minimum absolute atomic E-state index is 0. The molecule has 0 spiro atoms. The third-order valence-electron chi connectivity index (χ3n) is 9.28. The molecule has 1 unspecified atom stereocenters. The monoisotopic (exact) mass is 919 g/mol. The molecular formula is C46H40GeIrN2S-2. The number of pyridine rings is 2. The van der Waals surface area contributed by atoms with Crippen LogP contribution < -0.4 is 4.40 Å². The zero-order valence-corrected chi connectivity index (χ0v) is 34.9. The fourth-order valence-electron chi connectivity index (χ4n) is 6.57. The Morgan fingerprint density at radius 2 is 1.39 bits per heavy atom. The van der Waals surface area contributed by atoms with E-state index in [0.717, 1.165) is 22.5 Å². The molecule has 2 nitrogen and oxygen atoms in total. The molecule has 5 aromatic carbocycles. The molecule has 0 bridgehead atoms. The number of aromatic nitrogens is 2. The summed E-state index contributed by atoms with van der Waals surface area (Å²) >= 11 is 0.0587. The Balaban J connectivity index is 0.000000211. The first kappa shape index (κ1) is 36.6. The zero-order chi connectivity index (χ0) is 34.7. The van der Waals surface area contributed by atoms with Gasteiger partial charge in [-0.2, -0.15) is 11.3 Å². The molecule has 0 aliphatic rings. The largest absolute Gasteiger partial charge is 0 e. The number of aryl methyl sites for hydroxylation is 1. The molecule has 0 fully saturated rings. The first-order chi connectivity index (χ1) is 24.3. The zero-order valence-electron chi connectivity index (χ0n) is 29.6. The molecule has 0 N–H and O–H groups in total. The van der Waals surface area contributed by atoms with Gasteiger partial charge >= 0.3 is 106 Å². The van der Waals surface area contributed by atoms with Crippen LogP contribution >= 0.6 is 11.3 Å². The molecule has 3 heterocycles. The molecule has 0 amide bonds. The Labute approximate surface area is 322 Å². The number of benzene rings is 5. The van der Waals surface area contributed by atoms with E-state index in [-0.39, 0.29) is 20.1 Å². The van der Waals surface area contributed by atoms with Crippen LogP contribution in [-0.4, -0.2) is 23.2 Å². The molecule has 0 aliphatic heterocycles. The predicted molar refractivity (Wildman–Crippen MR) is 217 cm³/mol. The Morgan fingerprint density at radius 3 is 2.10 bits per heavy atom. The molecule has 1 atom stereocenters. The fraction of sp³-hybridized carbons (Fsp3) is 0.130.